The third-order valence-electron chi connectivity index (χ3n) is 2.92. The Labute approximate surface area is 136 Å². The molecule has 0 amide bonds. The first kappa shape index (κ1) is 13.8. The van der Waals surface area contributed by atoms with Gasteiger partial charge in [-0.2, -0.15) is 0 Å². The standard InChI is InChI=1S/C14H7Br2ClN2O/c15-8-4-9-10(6-19-14(9)18-5-8)13(20)7-1-2-11(16)12(17)3-7/h1-6H,(H,18,19). The summed E-state index contributed by atoms with van der Waals surface area (Å²) in [5, 5.41) is 1.29. The maximum absolute atomic E-state index is 12.6. The van der Waals surface area contributed by atoms with Crippen LogP contribution in [0.5, 0.6) is 0 Å². The number of halogens is 3. The van der Waals surface area contributed by atoms with Crippen LogP contribution in [0.15, 0.2) is 45.6 Å². The van der Waals surface area contributed by atoms with Crippen LogP contribution in [0.3, 0.4) is 0 Å². The molecular formula is C14H7Br2ClN2O. The molecule has 3 nitrogen and oxygen atoms in total. The summed E-state index contributed by atoms with van der Waals surface area (Å²) in [6, 6.07) is 7.02. The van der Waals surface area contributed by atoms with E-state index in [1.54, 1.807) is 30.6 Å². The number of rotatable bonds is 2. The fourth-order valence-electron chi connectivity index (χ4n) is 1.96. The second kappa shape index (κ2) is 5.31. The minimum Gasteiger partial charge on any atom is -0.345 e. The highest BCUT2D eigenvalue weighted by Gasteiger charge is 2.16. The Kier molecular flexibility index (Phi) is 3.67. The number of carbonyl (C=O) groups excluding carboxylic acids is 1. The van der Waals surface area contributed by atoms with Gasteiger partial charge in [0.25, 0.3) is 0 Å². The summed E-state index contributed by atoms with van der Waals surface area (Å²) in [7, 11) is 0. The van der Waals surface area contributed by atoms with Gasteiger partial charge < -0.3 is 4.98 Å². The normalized spacial score (nSPS) is 10.9. The largest absolute Gasteiger partial charge is 0.345 e. The second-order valence-electron chi connectivity index (χ2n) is 4.21. The van der Waals surface area contributed by atoms with E-state index in [-0.39, 0.29) is 5.78 Å². The molecule has 0 fully saturated rings. The van der Waals surface area contributed by atoms with E-state index >= 15 is 0 Å². The Balaban J connectivity index is 2.12. The molecule has 2 heterocycles. The topological polar surface area (TPSA) is 45.8 Å². The zero-order valence-electron chi connectivity index (χ0n) is 9.95. The van der Waals surface area contributed by atoms with E-state index in [0.717, 1.165) is 14.3 Å². The summed E-state index contributed by atoms with van der Waals surface area (Å²) >= 11 is 12.7. The smallest absolute Gasteiger partial charge is 0.195 e. The molecule has 0 saturated carbocycles. The molecule has 2 aromatic heterocycles. The molecule has 20 heavy (non-hydrogen) atoms. The lowest BCUT2D eigenvalue weighted by atomic mass is 10.0. The minimum atomic E-state index is -0.0921. The highest BCUT2D eigenvalue weighted by atomic mass is 79.9. The predicted octanol–water partition coefficient (Wildman–Crippen LogP) is 4.97. The molecule has 0 unspecified atom stereocenters. The average molecular weight is 414 g/mol. The number of H-pyrrole nitrogens is 1. The molecule has 3 aromatic rings. The van der Waals surface area contributed by atoms with Crippen LogP contribution < -0.4 is 0 Å². The van der Waals surface area contributed by atoms with E-state index in [1.165, 1.54) is 0 Å². The van der Waals surface area contributed by atoms with Gasteiger partial charge in [0.15, 0.2) is 5.78 Å². The van der Waals surface area contributed by atoms with Crippen molar-refractivity contribution in [3.8, 4) is 0 Å². The van der Waals surface area contributed by atoms with Gasteiger partial charge in [-0.15, -0.1) is 0 Å². The molecule has 0 radical (unpaired) electrons. The number of nitrogens with zero attached hydrogens (tertiary/aromatic N) is 1. The van der Waals surface area contributed by atoms with Crippen LogP contribution in [0.25, 0.3) is 11.0 Å². The molecule has 100 valence electrons. The number of benzene rings is 1. The number of fused-ring (bicyclic) bond motifs is 1. The first-order chi connectivity index (χ1) is 9.56. The Bertz CT molecular complexity index is 829. The SMILES string of the molecule is O=C(c1ccc(Br)c(Cl)c1)c1c[nH]c2ncc(Br)cc12. The lowest BCUT2D eigenvalue weighted by molar-refractivity contribution is 0.104. The molecule has 0 aliphatic heterocycles. The van der Waals surface area contributed by atoms with E-state index < -0.39 is 0 Å². The number of pyridine rings is 1. The number of aromatic amines is 1. The van der Waals surface area contributed by atoms with Crippen molar-refractivity contribution >= 4 is 60.3 Å². The Hall–Kier alpha value is -1.17. The highest BCUT2D eigenvalue weighted by molar-refractivity contribution is 9.10. The van der Waals surface area contributed by atoms with E-state index in [1.807, 2.05) is 6.07 Å². The van der Waals surface area contributed by atoms with Gasteiger partial charge in [-0.25, -0.2) is 4.98 Å². The quantitative estimate of drug-likeness (QED) is 0.602. The van der Waals surface area contributed by atoms with E-state index in [0.29, 0.717) is 21.8 Å². The van der Waals surface area contributed by atoms with Gasteiger partial charge in [0.05, 0.1) is 5.02 Å². The van der Waals surface area contributed by atoms with Crippen molar-refractivity contribution in [1.29, 1.82) is 0 Å². The van der Waals surface area contributed by atoms with Crippen molar-refractivity contribution in [3.05, 3.63) is 61.8 Å². The Morgan fingerprint density at radius 2 is 2.05 bits per heavy atom. The molecule has 0 aliphatic carbocycles. The number of nitrogens with one attached hydrogen (secondary N) is 1. The van der Waals surface area contributed by atoms with Crippen LogP contribution in [-0.4, -0.2) is 15.8 Å². The maximum Gasteiger partial charge on any atom is 0.195 e. The molecule has 3 rings (SSSR count). The number of ketones is 1. The predicted molar refractivity (Wildman–Crippen MR) is 86.4 cm³/mol. The number of aromatic nitrogens is 2. The molecule has 0 saturated heterocycles. The number of hydrogen-bond acceptors (Lipinski definition) is 2. The van der Waals surface area contributed by atoms with Crippen molar-refractivity contribution in [1.82, 2.24) is 9.97 Å². The van der Waals surface area contributed by atoms with Gasteiger partial charge in [-0.3, -0.25) is 4.79 Å². The summed E-state index contributed by atoms with van der Waals surface area (Å²) in [6.45, 7) is 0. The lowest BCUT2D eigenvalue weighted by Crippen LogP contribution is -2.00. The summed E-state index contributed by atoms with van der Waals surface area (Å²) in [5.41, 5.74) is 1.80. The van der Waals surface area contributed by atoms with Crippen molar-refractivity contribution < 1.29 is 4.79 Å². The van der Waals surface area contributed by atoms with Crippen molar-refractivity contribution in [2.24, 2.45) is 0 Å². The van der Waals surface area contributed by atoms with Crippen molar-refractivity contribution in [3.63, 3.8) is 0 Å². The van der Waals surface area contributed by atoms with Gasteiger partial charge in [-0.1, -0.05) is 11.6 Å². The molecule has 0 atom stereocenters. The third kappa shape index (κ3) is 2.41. The number of carbonyl (C=O) groups is 1. The van der Waals surface area contributed by atoms with Crippen LogP contribution in [0, 0.1) is 0 Å². The first-order valence-corrected chi connectivity index (χ1v) is 7.65. The van der Waals surface area contributed by atoms with Gasteiger partial charge >= 0.3 is 0 Å². The van der Waals surface area contributed by atoms with Gasteiger partial charge in [0.1, 0.15) is 5.65 Å². The van der Waals surface area contributed by atoms with Crippen LogP contribution in [0.2, 0.25) is 5.02 Å². The Morgan fingerprint density at radius 1 is 1.25 bits per heavy atom. The summed E-state index contributed by atoms with van der Waals surface area (Å²) in [4.78, 5) is 19.8. The lowest BCUT2D eigenvalue weighted by Gasteiger charge is -2.02. The molecule has 1 aromatic carbocycles. The van der Waals surface area contributed by atoms with Gasteiger partial charge in [0.2, 0.25) is 0 Å². The summed E-state index contributed by atoms with van der Waals surface area (Å²) < 4.78 is 1.59. The molecule has 0 aliphatic rings. The molecule has 6 heteroatoms. The van der Waals surface area contributed by atoms with Crippen LogP contribution in [0.1, 0.15) is 15.9 Å². The zero-order chi connectivity index (χ0) is 14.3. The summed E-state index contributed by atoms with van der Waals surface area (Å²) in [5.74, 6) is -0.0921. The number of hydrogen-bond donors (Lipinski definition) is 1. The Morgan fingerprint density at radius 3 is 2.80 bits per heavy atom. The fraction of sp³-hybridized carbons (Fsp3) is 0. The third-order valence-corrected chi connectivity index (χ3v) is 4.59. The van der Waals surface area contributed by atoms with Crippen molar-refractivity contribution in [2.45, 2.75) is 0 Å². The second-order valence-corrected chi connectivity index (χ2v) is 6.39. The average Bonchev–Trinajstić information content (AvgIpc) is 2.84. The van der Waals surface area contributed by atoms with Crippen LogP contribution in [-0.2, 0) is 0 Å². The van der Waals surface area contributed by atoms with E-state index in [4.69, 9.17) is 11.6 Å². The van der Waals surface area contributed by atoms with Gasteiger partial charge in [0, 0.05) is 37.9 Å². The van der Waals surface area contributed by atoms with E-state index in [9.17, 15) is 4.79 Å². The van der Waals surface area contributed by atoms with Crippen LogP contribution in [0.4, 0.5) is 0 Å². The van der Waals surface area contributed by atoms with Crippen LogP contribution >= 0.6 is 43.5 Å². The molecule has 1 N–H and O–H groups in total. The maximum atomic E-state index is 12.6. The molecule has 0 spiro atoms. The van der Waals surface area contributed by atoms with Gasteiger partial charge in [-0.05, 0) is 56.1 Å². The molecular weight excluding hydrogens is 407 g/mol. The summed E-state index contributed by atoms with van der Waals surface area (Å²) in [6.07, 6.45) is 3.35. The fourth-order valence-corrected chi connectivity index (χ4v) is 2.72. The van der Waals surface area contributed by atoms with E-state index in [2.05, 4.69) is 41.8 Å². The minimum absolute atomic E-state index is 0.0921. The van der Waals surface area contributed by atoms with Crippen molar-refractivity contribution in [2.75, 3.05) is 0 Å². The highest BCUT2D eigenvalue weighted by Crippen LogP contribution is 2.27. The monoisotopic (exact) mass is 412 g/mol. The zero-order valence-corrected chi connectivity index (χ0v) is 13.9. The first-order valence-electron chi connectivity index (χ1n) is 5.68. The molecule has 0 bridgehead atoms.